The highest BCUT2D eigenvalue weighted by Gasteiger charge is 2.32. The highest BCUT2D eigenvalue weighted by molar-refractivity contribution is 7.89. The van der Waals surface area contributed by atoms with Crippen LogP contribution in [0.4, 0.5) is 0 Å². The topological polar surface area (TPSA) is 54.5 Å². The first-order valence-corrected chi connectivity index (χ1v) is 9.52. The van der Waals surface area contributed by atoms with Gasteiger partial charge in [-0.15, -0.1) is 0 Å². The number of hydrogen-bond acceptors (Lipinski definition) is 3. The van der Waals surface area contributed by atoms with Crippen LogP contribution >= 0.6 is 23.2 Å². The van der Waals surface area contributed by atoms with Gasteiger partial charge in [-0.25, -0.2) is 12.7 Å². The van der Waals surface area contributed by atoms with Gasteiger partial charge in [0.15, 0.2) is 4.84 Å². The first kappa shape index (κ1) is 18.0. The van der Waals surface area contributed by atoms with Crippen molar-refractivity contribution in [1.29, 1.82) is 0 Å². The number of halogens is 2. The van der Waals surface area contributed by atoms with Crippen LogP contribution in [0.25, 0.3) is 10.8 Å². The number of unbranched alkanes of at least 4 members (excludes halogenated alkanes) is 1. The van der Waals surface area contributed by atoms with Gasteiger partial charge in [0, 0.05) is 6.54 Å². The van der Waals surface area contributed by atoms with Crippen LogP contribution < -0.4 is 0 Å². The van der Waals surface area contributed by atoms with Crippen molar-refractivity contribution in [3.05, 3.63) is 42.5 Å². The van der Waals surface area contributed by atoms with Crippen molar-refractivity contribution in [1.82, 2.24) is 4.31 Å². The number of amides is 1. The molecule has 4 nitrogen and oxygen atoms in total. The van der Waals surface area contributed by atoms with E-state index in [-0.39, 0.29) is 11.4 Å². The molecular weight excluding hydrogens is 357 g/mol. The fourth-order valence-electron chi connectivity index (χ4n) is 2.21. The Kier molecular flexibility index (Phi) is 5.89. The fourth-order valence-corrected chi connectivity index (χ4v) is 4.05. The maximum absolute atomic E-state index is 12.8. The summed E-state index contributed by atoms with van der Waals surface area (Å²) in [4.78, 5) is 10.8. The van der Waals surface area contributed by atoms with Crippen molar-refractivity contribution in [3.63, 3.8) is 0 Å². The van der Waals surface area contributed by atoms with Crippen molar-refractivity contribution in [3.8, 4) is 0 Å². The van der Waals surface area contributed by atoms with Crippen molar-refractivity contribution < 1.29 is 13.2 Å². The van der Waals surface area contributed by atoms with Crippen LogP contribution in [0.5, 0.6) is 0 Å². The van der Waals surface area contributed by atoms with Crippen LogP contribution in [0.3, 0.4) is 0 Å². The molecule has 23 heavy (non-hydrogen) atoms. The second-order valence-electron chi connectivity index (χ2n) is 5.08. The monoisotopic (exact) mass is 373 g/mol. The molecule has 0 saturated carbocycles. The number of benzene rings is 2. The number of alkyl halides is 2. The van der Waals surface area contributed by atoms with Crippen molar-refractivity contribution in [2.24, 2.45) is 0 Å². The van der Waals surface area contributed by atoms with Gasteiger partial charge in [0.25, 0.3) is 15.9 Å². The molecule has 0 atom stereocenters. The van der Waals surface area contributed by atoms with Gasteiger partial charge in [-0.1, -0.05) is 66.9 Å². The summed E-state index contributed by atoms with van der Waals surface area (Å²) < 4.78 is 26.4. The van der Waals surface area contributed by atoms with E-state index < -0.39 is 20.8 Å². The van der Waals surface area contributed by atoms with Gasteiger partial charge in [0.1, 0.15) is 0 Å². The molecule has 2 aromatic rings. The van der Waals surface area contributed by atoms with Crippen LogP contribution in [-0.4, -0.2) is 30.0 Å². The molecule has 124 valence electrons. The number of hydrogen-bond donors (Lipinski definition) is 0. The zero-order valence-corrected chi connectivity index (χ0v) is 14.9. The molecule has 0 saturated heterocycles. The Hall–Kier alpha value is -1.30. The Balaban J connectivity index is 2.47. The summed E-state index contributed by atoms with van der Waals surface area (Å²) in [7, 11) is -3.99. The third-order valence-electron chi connectivity index (χ3n) is 3.46. The summed E-state index contributed by atoms with van der Waals surface area (Å²) in [5.74, 6) is -0.824. The predicted octanol–water partition coefficient (Wildman–Crippen LogP) is 3.96. The van der Waals surface area contributed by atoms with Crippen molar-refractivity contribution in [2.45, 2.75) is 29.5 Å². The lowest BCUT2D eigenvalue weighted by Gasteiger charge is -2.23. The second-order valence-corrected chi connectivity index (χ2v) is 8.04. The van der Waals surface area contributed by atoms with E-state index in [0.29, 0.717) is 6.42 Å². The molecule has 0 heterocycles. The van der Waals surface area contributed by atoms with Crippen molar-refractivity contribution in [2.75, 3.05) is 6.54 Å². The van der Waals surface area contributed by atoms with Gasteiger partial charge in [-0.05, 0) is 29.3 Å². The van der Waals surface area contributed by atoms with Gasteiger partial charge in [-0.3, -0.25) is 4.79 Å². The minimum absolute atomic E-state index is 0.0506. The molecule has 0 bridgehead atoms. The molecule has 0 aliphatic rings. The van der Waals surface area contributed by atoms with Crippen LogP contribution in [0.1, 0.15) is 19.8 Å². The Labute approximate surface area is 146 Å². The largest absolute Gasteiger partial charge is 0.271 e. The zero-order chi connectivity index (χ0) is 17.0. The quantitative estimate of drug-likeness (QED) is 0.720. The Morgan fingerprint density at radius 1 is 1.13 bits per heavy atom. The lowest BCUT2D eigenvalue weighted by Crippen LogP contribution is -2.40. The van der Waals surface area contributed by atoms with Crippen LogP contribution in [-0.2, 0) is 14.8 Å². The highest BCUT2D eigenvalue weighted by Crippen LogP contribution is 2.24. The third kappa shape index (κ3) is 3.97. The standard InChI is InChI=1S/C16H17Cl2NO3S/c1-2-3-10-19(16(20)15(17)18)23(21,22)14-9-8-12-6-4-5-7-13(12)11-14/h4-9,11,15H,2-3,10H2,1H3. The first-order chi connectivity index (χ1) is 10.9. The van der Waals surface area contributed by atoms with Gasteiger partial charge >= 0.3 is 0 Å². The molecule has 1 amide bonds. The Bertz CT molecular complexity index is 806. The smallest absolute Gasteiger partial charge is 0.269 e. The molecule has 2 rings (SSSR count). The molecule has 0 aliphatic carbocycles. The first-order valence-electron chi connectivity index (χ1n) is 7.21. The van der Waals surface area contributed by atoms with Gasteiger partial charge < -0.3 is 0 Å². The molecule has 0 aliphatic heterocycles. The summed E-state index contributed by atoms with van der Waals surface area (Å²) in [5, 5.41) is 1.70. The molecule has 0 N–H and O–H groups in total. The maximum atomic E-state index is 12.8. The summed E-state index contributed by atoms with van der Waals surface area (Å²) in [5.41, 5.74) is 0. The SMILES string of the molecule is CCCCN(C(=O)C(Cl)Cl)S(=O)(=O)c1ccc2ccccc2c1. The van der Waals surface area contributed by atoms with E-state index in [1.807, 2.05) is 31.2 Å². The van der Waals surface area contributed by atoms with Gasteiger partial charge in [0.05, 0.1) is 4.90 Å². The lowest BCUT2D eigenvalue weighted by atomic mass is 10.1. The summed E-state index contributed by atoms with van der Waals surface area (Å²) in [6.07, 6.45) is 1.28. The lowest BCUT2D eigenvalue weighted by molar-refractivity contribution is -0.124. The third-order valence-corrected chi connectivity index (χ3v) is 5.62. The van der Waals surface area contributed by atoms with Crippen LogP contribution in [0.15, 0.2) is 47.4 Å². The van der Waals surface area contributed by atoms with E-state index in [0.717, 1.165) is 21.5 Å². The minimum atomic E-state index is -3.99. The molecule has 0 aromatic heterocycles. The molecular formula is C16H17Cl2NO3S. The second kappa shape index (κ2) is 7.51. The number of nitrogens with zero attached hydrogens (tertiary/aromatic N) is 1. The number of fused-ring (bicyclic) bond motifs is 1. The number of carbonyl (C=O) groups is 1. The molecule has 0 fully saturated rings. The number of sulfonamides is 1. The van der Waals surface area contributed by atoms with Crippen LogP contribution in [0.2, 0.25) is 0 Å². The van der Waals surface area contributed by atoms with Crippen molar-refractivity contribution >= 4 is 49.9 Å². The fraction of sp³-hybridized carbons (Fsp3) is 0.312. The van der Waals surface area contributed by atoms with E-state index in [1.54, 1.807) is 12.1 Å². The Morgan fingerprint density at radius 2 is 1.78 bits per heavy atom. The number of carbonyl (C=O) groups excluding carboxylic acids is 1. The normalized spacial score (nSPS) is 11.8. The van der Waals surface area contributed by atoms with E-state index in [2.05, 4.69) is 0 Å². The average molecular weight is 374 g/mol. The summed E-state index contributed by atoms with van der Waals surface area (Å²) in [6, 6.07) is 12.2. The molecule has 7 heteroatoms. The maximum Gasteiger partial charge on any atom is 0.269 e. The molecule has 2 aromatic carbocycles. The van der Waals surface area contributed by atoms with Gasteiger partial charge in [0.2, 0.25) is 0 Å². The van der Waals surface area contributed by atoms with E-state index in [4.69, 9.17) is 23.2 Å². The molecule has 0 radical (unpaired) electrons. The van der Waals surface area contributed by atoms with E-state index in [1.165, 1.54) is 6.07 Å². The average Bonchev–Trinajstić information content (AvgIpc) is 2.54. The van der Waals surface area contributed by atoms with E-state index >= 15 is 0 Å². The molecule has 0 unspecified atom stereocenters. The van der Waals surface area contributed by atoms with E-state index in [9.17, 15) is 13.2 Å². The minimum Gasteiger partial charge on any atom is -0.271 e. The summed E-state index contributed by atoms with van der Waals surface area (Å²) in [6.45, 7) is 1.96. The molecule has 0 spiro atoms. The zero-order valence-electron chi connectivity index (χ0n) is 12.6. The summed E-state index contributed by atoms with van der Waals surface area (Å²) >= 11 is 11.2. The highest BCUT2D eigenvalue weighted by atomic mass is 35.5. The Morgan fingerprint density at radius 3 is 2.39 bits per heavy atom. The predicted molar refractivity (Wildman–Crippen MR) is 93.2 cm³/mol. The van der Waals surface area contributed by atoms with Crippen LogP contribution in [0, 0.1) is 0 Å². The van der Waals surface area contributed by atoms with Gasteiger partial charge in [-0.2, -0.15) is 0 Å². The number of rotatable bonds is 6.